The highest BCUT2D eigenvalue weighted by atomic mass is 32.2. The fourth-order valence-electron chi connectivity index (χ4n) is 2.86. The summed E-state index contributed by atoms with van der Waals surface area (Å²) in [5, 5.41) is 5.07. The lowest BCUT2D eigenvalue weighted by atomic mass is 10.1. The molecule has 3 rings (SSSR count). The van der Waals surface area contributed by atoms with Gasteiger partial charge in [0.25, 0.3) is 26.1 Å². The van der Waals surface area contributed by atoms with Crippen LogP contribution in [0.15, 0.2) is 51.3 Å². The molecule has 30 heavy (non-hydrogen) atoms. The molecule has 0 spiro atoms. The lowest BCUT2D eigenvalue weighted by Crippen LogP contribution is -2.20. The average Bonchev–Trinajstić information content (AvgIpc) is 2.97. The van der Waals surface area contributed by atoms with E-state index in [1.807, 2.05) is 0 Å². The molecular weight excluding hydrogens is 434 g/mol. The molecule has 0 fully saturated rings. The van der Waals surface area contributed by atoms with Crippen LogP contribution in [0.1, 0.15) is 24.5 Å². The minimum absolute atomic E-state index is 0.0201. The number of nitrogens with two attached hydrogens (primary N) is 1. The van der Waals surface area contributed by atoms with Crippen LogP contribution in [0.3, 0.4) is 0 Å². The number of anilines is 2. The number of carbonyl (C=O) groups is 1. The van der Waals surface area contributed by atoms with Crippen LogP contribution < -0.4 is 10.7 Å². The summed E-state index contributed by atoms with van der Waals surface area (Å²) in [4.78, 5) is 11.0. The fraction of sp³-hybridized carbons (Fsp3) is 0.111. The molecule has 158 valence electrons. The van der Waals surface area contributed by atoms with Gasteiger partial charge in [0.2, 0.25) is 0 Å². The zero-order valence-corrected chi connectivity index (χ0v) is 17.2. The smallest absolute Gasteiger partial charge is 0.295 e. The fourth-order valence-corrected chi connectivity index (χ4v) is 4.29. The Bertz CT molecular complexity index is 1310. The van der Waals surface area contributed by atoms with Gasteiger partial charge in [-0.2, -0.15) is 21.9 Å². The van der Waals surface area contributed by atoms with Crippen LogP contribution in [0.5, 0.6) is 0 Å². The Morgan fingerprint density at radius 1 is 0.967 bits per heavy atom. The molecule has 12 heteroatoms. The quantitative estimate of drug-likeness (QED) is 0.352. The summed E-state index contributed by atoms with van der Waals surface area (Å²) in [6.45, 7) is 1.65. The van der Waals surface area contributed by atoms with Gasteiger partial charge in [-0.15, -0.1) is 0 Å². The van der Waals surface area contributed by atoms with Crippen LogP contribution in [-0.2, 0) is 25.0 Å². The van der Waals surface area contributed by atoms with Crippen molar-refractivity contribution in [2.75, 3.05) is 10.7 Å². The molecule has 4 N–H and O–H groups in total. The Hall–Kier alpha value is -3.06. The van der Waals surface area contributed by atoms with Gasteiger partial charge < -0.3 is 5.73 Å². The Morgan fingerprint density at radius 3 is 2.00 bits per heavy atom. The molecule has 10 nitrogen and oxygen atoms in total. The van der Waals surface area contributed by atoms with Crippen molar-refractivity contribution in [2.24, 2.45) is 5.10 Å². The van der Waals surface area contributed by atoms with Gasteiger partial charge in [-0.25, -0.2) is 5.01 Å². The van der Waals surface area contributed by atoms with E-state index in [4.69, 9.17) is 5.73 Å². The molecule has 0 saturated carbocycles. The third-order valence-electron chi connectivity index (χ3n) is 4.19. The van der Waals surface area contributed by atoms with Gasteiger partial charge in [-0.1, -0.05) is 24.3 Å². The highest BCUT2D eigenvalue weighted by Gasteiger charge is 2.25. The van der Waals surface area contributed by atoms with Crippen molar-refractivity contribution in [1.29, 1.82) is 0 Å². The lowest BCUT2D eigenvalue weighted by Gasteiger charge is -2.14. The molecule has 2 aromatic rings. The minimum atomic E-state index is -4.69. The minimum Gasteiger partial charge on any atom is -0.399 e. The van der Waals surface area contributed by atoms with Gasteiger partial charge in [0, 0.05) is 11.4 Å². The van der Waals surface area contributed by atoms with Gasteiger partial charge in [0.05, 0.1) is 12.1 Å². The summed E-state index contributed by atoms with van der Waals surface area (Å²) in [7, 11) is -9.28. The van der Waals surface area contributed by atoms with Crippen molar-refractivity contribution < 1.29 is 30.7 Å². The number of hydrazone groups is 1. The van der Waals surface area contributed by atoms with E-state index in [9.17, 15) is 30.7 Å². The summed E-state index contributed by atoms with van der Waals surface area (Å²) in [5.41, 5.74) is 6.43. The second kappa shape index (κ2) is 7.65. The molecular formula is C18H17N3O7S2. The van der Waals surface area contributed by atoms with Crippen LogP contribution in [-0.4, -0.2) is 37.6 Å². The molecule has 1 aliphatic rings. The summed E-state index contributed by atoms with van der Waals surface area (Å²) in [6.07, 6.45) is 2.58. The third-order valence-corrected chi connectivity index (χ3v) is 6.01. The van der Waals surface area contributed by atoms with Gasteiger partial charge in [-0.3, -0.25) is 13.9 Å². The maximum Gasteiger partial charge on any atom is 0.295 e. The van der Waals surface area contributed by atoms with E-state index in [0.717, 1.165) is 17.1 Å². The van der Waals surface area contributed by atoms with E-state index in [1.54, 1.807) is 6.92 Å². The monoisotopic (exact) mass is 451 g/mol. The Labute approximate surface area is 172 Å². The maximum absolute atomic E-state index is 12.0. The summed E-state index contributed by atoms with van der Waals surface area (Å²) in [5.74, 6) is -0.350. The zero-order chi connectivity index (χ0) is 22.3. The highest BCUT2D eigenvalue weighted by Crippen LogP contribution is 2.28. The molecule has 0 bridgehead atoms. The Balaban J connectivity index is 2.09. The van der Waals surface area contributed by atoms with Crippen molar-refractivity contribution >= 4 is 55.4 Å². The summed E-state index contributed by atoms with van der Waals surface area (Å²) in [6, 6.07) is 7.64. The van der Waals surface area contributed by atoms with E-state index >= 15 is 0 Å². The van der Waals surface area contributed by atoms with E-state index in [-0.39, 0.29) is 34.8 Å². The third kappa shape index (κ3) is 4.57. The average molecular weight is 451 g/mol. The van der Waals surface area contributed by atoms with Gasteiger partial charge in [0.15, 0.2) is 0 Å². The molecule has 2 aromatic carbocycles. The SMILES string of the molecule is CC1=NN(c2ccc(C=Cc3ccc(N)cc3S(=O)(=O)O)c(S(=O)(=O)O)c2)C(=O)C1. The van der Waals surface area contributed by atoms with E-state index in [2.05, 4.69) is 5.10 Å². The number of benzene rings is 2. The van der Waals surface area contributed by atoms with Crippen LogP contribution in [0.4, 0.5) is 11.4 Å². The van der Waals surface area contributed by atoms with Crippen molar-refractivity contribution in [3.63, 3.8) is 0 Å². The largest absolute Gasteiger partial charge is 0.399 e. The first-order chi connectivity index (χ1) is 13.9. The number of carbonyl (C=O) groups excluding carboxylic acids is 1. The van der Waals surface area contributed by atoms with Crippen molar-refractivity contribution in [3.05, 3.63) is 47.5 Å². The van der Waals surface area contributed by atoms with Gasteiger partial charge in [0.1, 0.15) is 9.79 Å². The number of nitrogen functional groups attached to an aromatic ring is 1. The molecule has 0 radical (unpaired) electrons. The first kappa shape index (κ1) is 21.6. The van der Waals surface area contributed by atoms with Crippen molar-refractivity contribution in [2.45, 2.75) is 23.1 Å². The first-order valence-corrected chi connectivity index (χ1v) is 11.3. The standard InChI is InChI=1S/C18H17N3O7S2/c1-11-8-18(22)21(20-11)15-7-5-13(17(10-15)30(26,27)28)3-2-12-4-6-14(19)9-16(12)29(23,24)25/h2-7,9-10H,8,19H2,1H3,(H,23,24,25)(H,26,27,28). The Morgan fingerprint density at radius 2 is 1.50 bits per heavy atom. The van der Waals surface area contributed by atoms with Gasteiger partial charge >= 0.3 is 0 Å². The van der Waals surface area contributed by atoms with Crippen LogP contribution >= 0.6 is 0 Å². The topological polar surface area (TPSA) is 167 Å². The molecule has 0 unspecified atom stereocenters. The van der Waals surface area contributed by atoms with Crippen LogP contribution in [0.25, 0.3) is 12.2 Å². The predicted octanol–water partition coefficient (Wildman–Crippen LogP) is 2.05. The molecule has 0 aliphatic carbocycles. The highest BCUT2D eigenvalue weighted by molar-refractivity contribution is 7.86. The second-order valence-corrected chi connectivity index (χ2v) is 9.30. The van der Waals surface area contributed by atoms with Crippen LogP contribution in [0.2, 0.25) is 0 Å². The van der Waals surface area contributed by atoms with E-state index in [0.29, 0.717) is 5.71 Å². The van der Waals surface area contributed by atoms with Crippen LogP contribution in [0, 0.1) is 0 Å². The van der Waals surface area contributed by atoms with Crippen molar-refractivity contribution in [3.8, 4) is 0 Å². The molecule has 1 amide bonds. The predicted molar refractivity (Wildman–Crippen MR) is 111 cm³/mol. The van der Waals surface area contributed by atoms with Crippen molar-refractivity contribution in [1.82, 2.24) is 0 Å². The maximum atomic E-state index is 12.0. The second-order valence-electron chi connectivity index (χ2n) is 6.52. The number of hydrogen-bond donors (Lipinski definition) is 3. The molecule has 0 aromatic heterocycles. The first-order valence-electron chi connectivity index (χ1n) is 8.40. The normalized spacial score (nSPS) is 15.1. The van der Waals surface area contributed by atoms with E-state index < -0.39 is 30.0 Å². The summed E-state index contributed by atoms with van der Waals surface area (Å²) >= 11 is 0. The number of amides is 1. The molecule has 1 aliphatic heterocycles. The number of nitrogens with zero attached hydrogens (tertiary/aromatic N) is 2. The lowest BCUT2D eigenvalue weighted by molar-refractivity contribution is -0.116. The molecule has 0 atom stereocenters. The van der Waals surface area contributed by atoms with E-state index in [1.165, 1.54) is 36.4 Å². The van der Waals surface area contributed by atoms with Gasteiger partial charge in [-0.05, 0) is 42.3 Å². The number of hydrogen-bond acceptors (Lipinski definition) is 7. The molecule has 0 saturated heterocycles. The number of rotatable bonds is 5. The molecule has 1 heterocycles. The zero-order valence-electron chi connectivity index (χ0n) is 15.5. The Kier molecular flexibility index (Phi) is 5.52. The summed E-state index contributed by atoms with van der Waals surface area (Å²) < 4.78 is 65.9.